The molecule has 0 saturated carbocycles. The van der Waals surface area contributed by atoms with Crippen molar-refractivity contribution in [2.24, 2.45) is 0 Å². The molecule has 1 nitrogen and oxygen atoms in total. The van der Waals surface area contributed by atoms with Crippen molar-refractivity contribution < 1.29 is 0 Å². The molecule has 11 aromatic carbocycles. The largest absolute Gasteiger partial charge is 0.309 e. The van der Waals surface area contributed by atoms with Crippen LogP contribution in [0, 0.1) is 0 Å². The normalized spacial score (nSPS) is 15.3. The Kier molecular flexibility index (Phi) is 7.16. The predicted molar refractivity (Wildman–Crippen MR) is 263 cm³/mol. The number of hydrogen-bond donors (Lipinski definition) is 0. The molecule has 2 unspecified atom stereocenters. The Morgan fingerprint density at radius 2 is 0.873 bits per heavy atom. The minimum Gasteiger partial charge on any atom is -0.309 e. The Morgan fingerprint density at radius 3 is 1.65 bits per heavy atom. The fourth-order valence-electron chi connectivity index (χ4n) is 12.0. The topological polar surface area (TPSA) is 4.93 Å². The van der Waals surface area contributed by atoms with Gasteiger partial charge in [0.25, 0.3) is 0 Å². The fourth-order valence-corrected chi connectivity index (χ4v) is 12.0. The molecule has 14 rings (SSSR count). The maximum atomic E-state index is 2.53. The van der Waals surface area contributed by atoms with E-state index >= 15 is 0 Å². The van der Waals surface area contributed by atoms with Gasteiger partial charge < -0.3 is 4.57 Å². The van der Waals surface area contributed by atoms with Gasteiger partial charge in [-0.25, -0.2) is 0 Å². The number of hydrogen-bond acceptors (Lipinski definition) is 0. The first-order valence-electron chi connectivity index (χ1n) is 22.1. The lowest BCUT2D eigenvalue weighted by Crippen LogP contribution is -2.33. The molecular formula is C62H39N. The average molecular weight is 798 g/mol. The summed E-state index contributed by atoms with van der Waals surface area (Å²) >= 11 is 0. The molecule has 0 bridgehead atoms. The van der Waals surface area contributed by atoms with Crippen molar-refractivity contribution in [3.05, 3.63) is 269 Å². The molecule has 0 fully saturated rings. The number of fused-ring (bicyclic) bond motifs is 18. The van der Waals surface area contributed by atoms with Crippen LogP contribution < -0.4 is 0 Å². The SMILES string of the molecule is c1ccc(-c2ccc(C(c3ccc4c5ccccc5c5ccccc5c4c3)c3cccc4c3-c3ccccc3C43c4ccccc4-n4c5ccccc5c5cccc3c54)cc2)cc1. The lowest BCUT2D eigenvalue weighted by Gasteiger charge is -2.39. The average Bonchev–Trinajstić information content (AvgIpc) is 3.86. The van der Waals surface area contributed by atoms with Gasteiger partial charge in [0.15, 0.2) is 0 Å². The summed E-state index contributed by atoms with van der Waals surface area (Å²) in [5, 5.41) is 10.3. The van der Waals surface area contributed by atoms with Crippen molar-refractivity contribution in [3.63, 3.8) is 0 Å². The van der Waals surface area contributed by atoms with Crippen LogP contribution in [-0.4, -0.2) is 4.57 Å². The molecule has 1 aromatic heterocycles. The van der Waals surface area contributed by atoms with Crippen molar-refractivity contribution >= 4 is 54.1 Å². The summed E-state index contributed by atoms with van der Waals surface area (Å²) in [5.41, 5.74) is 17.6. The number of nitrogens with zero attached hydrogens (tertiary/aromatic N) is 1. The monoisotopic (exact) mass is 797 g/mol. The van der Waals surface area contributed by atoms with Crippen LogP contribution in [0.2, 0.25) is 0 Å². The highest BCUT2D eigenvalue weighted by Gasteiger charge is 2.51. The van der Waals surface area contributed by atoms with Crippen LogP contribution in [0.25, 0.3) is 82.1 Å². The highest BCUT2D eigenvalue weighted by Crippen LogP contribution is 2.62. The van der Waals surface area contributed by atoms with Crippen molar-refractivity contribution in [2.45, 2.75) is 11.3 Å². The highest BCUT2D eigenvalue weighted by molar-refractivity contribution is 6.25. The van der Waals surface area contributed by atoms with Gasteiger partial charge in [0.2, 0.25) is 0 Å². The van der Waals surface area contributed by atoms with E-state index in [9.17, 15) is 0 Å². The van der Waals surface area contributed by atoms with Gasteiger partial charge in [0.1, 0.15) is 0 Å². The van der Waals surface area contributed by atoms with Crippen molar-refractivity contribution in [1.82, 2.24) is 4.57 Å². The van der Waals surface area contributed by atoms with Crippen LogP contribution >= 0.6 is 0 Å². The van der Waals surface area contributed by atoms with E-state index in [-0.39, 0.29) is 5.92 Å². The fraction of sp³-hybridized carbons (Fsp3) is 0.0323. The van der Waals surface area contributed by atoms with Crippen molar-refractivity contribution in [2.75, 3.05) is 0 Å². The van der Waals surface area contributed by atoms with E-state index in [0.717, 1.165) is 0 Å². The smallest absolute Gasteiger partial charge is 0.0754 e. The summed E-state index contributed by atoms with van der Waals surface area (Å²) in [7, 11) is 0. The zero-order valence-electron chi connectivity index (χ0n) is 34.5. The summed E-state index contributed by atoms with van der Waals surface area (Å²) in [4.78, 5) is 0. The Labute approximate surface area is 365 Å². The summed E-state index contributed by atoms with van der Waals surface area (Å²) in [6, 6.07) is 86.8. The van der Waals surface area contributed by atoms with Crippen LogP contribution in [0.5, 0.6) is 0 Å². The van der Waals surface area contributed by atoms with E-state index in [4.69, 9.17) is 0 Å². The number of benzene rings is 11. The van der Waals surface area contributed by atoms with Gasteiger partial charge in [-0.15, -0.1) is 0 Å². The molecular weight excluding hydrogens is 759 g/mol. The summed E-state index contributed by atoms with van der Waals surface area (Å²) in [5.74, 6) is -0.0521. The lowest BCUT2D eigenvalue weighted by molar-refractivity contribution is 0.747. The third kappa shape index (κ3) is 4.61. The molecule has 0 radical (unpaired) electrons. The van der Waals surface area contributed by atoms with Crippen molar-refractivity contribution in [1.29, 1.82) is 0 Å². The molecule has 1 heteroatoms. The third-order valence-corrected chi connectivity index (χ3v) is 14.5. The highest BCUT2D eigenvalue weighted by atomic mass is 15.0. The zero-order valence-corrected chi connectivity index (χ0v) is 34.5. The Hall–Kier alpha value is -8.00. The standard InChI is InChI=1S/C62H39N/c1-2-16-39(17-3-1)40-32-34-41(35-33-40)59(42-36-37-47-45-20-5-4-18-43(45)44-19-6-7-21-46(44)52(47)38-42)51-25-15-28-55-60(51)50-23-8-10-26-53(50)62(55)54-27-11-13-31-58(54)63-57-30-12-9-22-48(57)49-24-14-29-56(62)61(49)63/h1-38,59H. The number of para-hydroxylation sites is 3. The minimum atomic E-state index is -0.525. The maximum absolute atomic E-state index is 2.53. The van der Waals surface area contributed by atoms with Crippen LogP contribution in [0.15, 0.2) is 231 Å². The predicted octanol–water partition coefficient (Wildman–Crippen LogP) is 15.8. The first kappa shape index (κ1) is 34.7. The van der Waals surface area contributed by atoms with E-state index in [0.29, 0.717) is 0 Å². The lowest BCUT2D eigenvalue weighted by atomic mass is 9.65. The summed E-state index contributed by atoms with van der Waals surface area (Å²) < 4.78 is 2.53. The second-order valence-electron chi connectivity index (χ2n) is 17.5. The first-order valence-corrected chi connectivity index (χ1v) is 22.1. The molecule has 1 aliphatic heterocycles. The third-order valence-electron chi connectivity index (χ3n) is 14.5. The zero-order chi connectivity index (χ0) is 41.2. The summed E-state index contributed by atoms with van der Waals surface area (Å²) in [6.45, 7) is 0. The molecule has 2 heterocycles. The van der Waals surface area contributed by atoms with Crippen LogP contribution in [0.1, 0.15) is 44.9 Å². The quantitative estimate of drug-likeness (QED) is 0.123. The Balaban J connectivity index is 1.08. The van der Waals surface area contributed by atoms with Gasteiger partial charge in [-0.3, -0.25) is 0 Å². The van der Waals surface area contributed by atoms with Gasteiger partial charge in [0, 0.05) is 16.7 Å². The molecule has 2 atom stereocenters. The van der Waals surface area contributed by atoms with Crippen molar-refractivity contribution in [3.8, 4) is 27.9 Å². The Bertz CT molecular complexity index is 3820. The molecule has 0 saturated heterocycles. The summed E-state index contributed by atoms with van der Waals surface area (Å²) in [6.07, 6.45) is 0. The van der Waals surface area contributed by atoms with Crippen LogP contribution in [-0.2, 0) is 5.41 Å². The molecule has 2 aliphatic rings. The molecule has 12 aromatic rings. The van der Waals surface area contributed by atoms with E-state index in [1.165, 1.54) is 121 Å². The van der Waals surface area contributed by atoms with Gasteiger partial charge in [0.05, 0.1) is 22.1 Å². The van der Waals surface area contributed by atoms with Gasteiger partial charge >= 0.3 is 0 Å². The maximum Gasteiger partial charge on any atom is 0.0754 e. The van der Waals surface area contributed by atoms with Crippen LogP contribution in [0.4, 0.5) is 0 Å². The molecule has 0 N–H and O–H groups in total. The number of aromatic nitrogens is 1. The van der Waals surface area contributed by atoms with E-state index in [2.05, 4.69) is 235 Å². The van der Waals surface area contributed by atoms with E-state index in [1.807, 2.05) is 0 Å². The van der Waals surface area contributed by atoms with E-state index < -0.39 is 5.41 Å². The Morgan fingerprint density at radius 1 is 0.333 bits per heavy atom. The molecule has 63 heavy (non-hydrogen) atoms. The molecule has 0 amide bonds. The van der Waals surface area contributed by atoms with Gasteiger partial charge in [-0.1, -0.05) is 212 Å². The second-order valence-corrected chi connectivity index (χ2v) is 17.5. The number of rotatable bonds is 4. The van der Waals surface area contributed by atoms with Gasteiger partial charge in [-0.2, -0.15) is 0 Å². The van der Waals surface area contributed by atoms with E-state index in [1.54, 1.807) is 0 Å². The minimum absolute atomic E-state index is 0.0521. The van der Waals surface area contributed by atoms with Gasteiger partial charge in [-0.05, 0) is 112 Å². The molecule has 1 spiro atoms. The van der Waals surface area contributed by atoms with Crippen LogP contribution in [0.3, 0.4) is 0 Å². The molecule has 1 aliphatic carbocycles. The molecule has 292 valence electrons. The second kappa shape index (κ2) is 13.0. The first-order chi connectivity index (χ1) is 31.3.